The second kappa shape index (κ2) is 5.29. The number of rotatable bonds is 4. The first-order chi connectivity index (χ1) is 5.99. The second-order valence-corrected chi connectivity index (χ2v) is 2.50. The van der Waals surface area contributed by atoms with Crippen LogP contribution in [0.4, 0.5) is 0 Å². The molecule has 0 aliphatic rings. The lowest BCUT2D eigenvalue weighted by atomic mass is 10.3. The Morgan fingerprint density at radius 1 is 1.38 bits per heavy atom. The van der Waals surface area contributed by atoms with Crippen LogP contribution in [-0.4, -0.2) is 30.3 Å². The lowest BCUT2D eigenvalue weighted by molar-refractivity contribution is -0.147. The van der Waals surface area contributed by atoms with Crippen molar-refractivity contribution in [2.24, 2.45) is 0 Å². The van der Waals surface area contributed by atoms with Crippen molar-refractivity contribution in [1.82, 2.24) is 5.32 Å². The van der Waals surface area contributed by atoms with E-state index in [1.807, 2.05) is 0 Å². The van der Waals surface area contributed by atoms with Crippen LogP contribution in [0.5, 0.6) is 0 Å². The second-order valence-electron chi connectivity index (χ2n) is 2.50. The van der Waals surface area contributed by atoms with Crippen molar-refractivity contribution in [3.63, 3.8) is 0 Å². The van der Waals surface area contributed by atoms with Gasteiger partial charge in [-0.3, -0.25) is 9.59 Å². The zero-order valence-corrected chi connectivity index (χ0v) is 7.92. The zero-order chi connectivity index (χ0) is 10.4. The number of ether oxygens (including phenoxy) is 1. The van der Waals surface area contributed by atoms with Gasteiger partial charge in [-0.15, -0.1) is 0 Å². The van der Waals surface area contributed by atoms with Gasteiger partial charge in [-0.1, -0.05) is 0 Å². The number of carbonyl (C=O) groups excluding carboxylic acids is 3. The van der Waals surface area contributed by atoms with Gasteiger partial charge in [0, 0.05) is 6.92 Å². The summed E-state index contributed by atoms with van der Waals surface area (Å²) >= 11 is 0. The summed E-state index contributed by atoms with van der Waals surface area (Å²) in [6.45, 7) is 4.50. The first-order valence-electron chi connectivity index (χ1n) is 3.97. The molecule has 74 valence electrons. The van der Waals surface area contributed by atoms with E-state index in [4.69, 9.17) is 0 Å². The fraction of sp³-hybridized carbons (Fsp3) is 0.625. The SMILES string of the molecule is CCOC(=O)[C@H](C)NC(=O)C(C)=O. The highest BCUT2D eigenvalue weighted by molar-refractivity contribution is 6.35. The van der Waals surface area contributed by atoms with Crippen molar-refractivity contribution in [2.75, 3.05) is 6.61 Å². The predicted octanol–water partition coefficient (Wildman–Crippen LogP) is -0.357. The molecule has 0 radical (unpaired) electrons. The largest absolute Gasteiger partial charge is 0.464 e. The minimum atomic E-state index is -0.781. The van der Waals surface area contributed by atoms with E-state index in [2.05, 4.69) is 10.1 Å². The summed E-state index contributed by atoms with van der Waals surface area (Å²) in [5.41, 5.74) is 0. The van der Waals surface area contributed by atoms with Crippen LogP contribution >= 0.6 is 0 Å². The number of hydrogen-bond donors (Lipinski definition) is 1. The van der Waals surface area contributed by atoms with Gasteiger partial charge in [-0.05, 0) is 13.8 Å². The molecular weight excluding hydrogens is 174 g/mol. The highest BCUT2D eigenvalue weighted by Crippen LogP contribution is 1.87. The molecule has 0 fully saturated rings. The Balaban J connectivity index is 3.99. The third-order valence-electron chi connectivity index (χ3n) is 1.31. The summed E-state index contributed by atoms with van der Waals surface area (Å²) in [6, 6.07) is -0.781. The van der Waals surface area contributed by atoms with Crippen molar-refractivity contribution in [3.8, 4) is 0 Å². The standard InChI is InChI=1S/C8H13NO4/c1-4-13-8(12)5(2)9-7(11)6(3)10/h5H,4H2,1-3H3,(H,9,11)/t5-/m0/s1. The smallest absolute Gasteiger partial charge is 0.328 e. The van der Waals surface area contributed by atoms with E-state index in [1.165, 1.54) is 6.92 Å². The van der Waals surface area contributed by atoms with Crippen molar-refractivity contribution in [1.29, 1.82) is 0 Å². The van der Waals surface area contributed by atoms with E-state index in [1.54, 1.807) is 6.92 Å². The third-order valence-corrected chi connectivity index (χ3v) is 1.31. The van der Waals surface area contributed by atoms with E-state index in [0.717, 1.165) is 6.92 Å². The van der Waals surface area contributed by atoms with Gasteiger partial charge in [0.1, 0.15) is 6.04 Å². The highest BCUT2D eigenvalue weighted by atomic mass is 16.5. The van der Waals surface area contributed by atoms with Gasteiger partial charge in [0.15, 0.2) is 0 Å². The van der Waals surface area contributed by atoms with Crippen LogP contribution < -0.4 is 5.32 Å². The van der Waals surface area contributed by atoms with Crippen LogP contribution in [0.3, 0.4) is 0 Å². The van der Waals surface area contributed by atoms with Crippen LogP contribution in [0, 0.1) is 0 Å². The molecule has 0 spiro atoms. The average Bonchev–Trinajstić information content (AvgIpc) is 2.04. The molecule has 0 saturated carbocycles. The van der Waals surface area contributed by atoms with Gasteiger partial charge in [0.05, 0.1) is 6.61 Å². The summed E-state index contributed by atoms with van der Waals surface area (Å²) in [5.74, 6) is -1.95. The van der Waals surface area contributed by atoms with Crippen molar-refractivity contribution in [3.05, 3.63) is 0 Å². The van der Waals surface area contributed by atoms with Gasteiger partial charge in [0.25, 0.3) is 5.91 Å². The Morgan fingerprint density at radius 3 is 2.31 bits per heavy atom. The van der Waals surface area contributed by atoms with Crippen molar-refractivity contribution >= 4 is 17.7 Å². The Labute approximate surface area is 76.4 Å². The minimum Gasteiger partial charge on any atom is -0.464 e. The van der Waals surface area contributed by atoms with Crippen LogP contribution in [-0.2, 0) is 19.1 Å². The molecule has 0 aromatic rings. The van der Waals surface area contributed by atoms with Gasteiger partial charge < -0.3 is 10.1 Å². The normalized spacial score (nSPS) is 11.6. The van der Waals surface area contributed by atoms with Crippen molar-refractivity contribution in [2.45, 2.75) is 26.8 Å². The molecule has 0 heterocycles. The summed E-state index contributed by atoms with van der Waals surface area (Å²) in [5, 5.41) is 2.20. The van der Waals surface area contributed by atoms with Gasteiger partial charge in [-0.2, -0.15) is 0 Å². The summed E-state index contributed by atoms with van der Waals surface area (Å²) in [7, 11) is 0. The number of esters is 1. The zero-order valence-electron chi connectivity index (χ0n) is 7.92. The van der Waals surface area contributed by atoms with Crippen LogP contribution in [0.1, 0.15) is 20.8 Å². The molecule has 0 aromatic carbocycles. The quantitative estimate of drug-likeness (QED) is 0.482. The predicted molar refractivity (Wildman–Crippen MR) is 44.9 cm³/mol. The Kier molecular flexibility index (Phi) is 4.72. The Bertz CT molecular complexity index is 224. The number of nitrogens with one attached hydrogen (secondary N) is 1. The topological polar surface area (TPSA) is 72.5 Å². The molecule has 0 rings (SSSR count). The molecule has 0 bridgehead atoms. The molecule has 0 aliphatic carbocycles. The van der Waals surface area contributed by atoms with E-state index in [0.29, 0.717) is 0 Å². The van der Waals surface area contributed by atoms with Crippen LogP contribution in [0.25, 0.3) is 0 Å². The van der Waals surface area contributed by atoms with Gasteiger partial charge in [-0.25, -0.2) is 4.79 Å². The third kappa shape index (κ3) is 4.25. The fourth-order valence-corrected chi connectivity index (χ4v) is 0.624. The molecule has 1 atom stereocenters. The van der Waals surface area contributed by atoms with E-state index < -0.39 is 23.7 Å². The molecule has 13 heavy (non-hydrogen) atoms. The Morgan fingerprint density at radius 2 is 1.92 bits per heavy atom. The molecule has 0 aromatic heterocycles. The molecule has 5 nitrogen and oxygen atoms in total. The molecule has 0 aliphatic heterocycles. The van der Waals surface area contributed by atoms with E-state index in [-0.39, 0.29) is 6.61 Å². The number of carbonyl (C=O) groups is 3. The lowest BCUT2D eigenvalue weighted by Gasteiger charge is -2.10. The maximum Gasteiger partial charge on any atom is 0.328 e. The first-order valence-corrected chi connectivity index (χ1v) is 3.97. The minimum absolute atomic E-state index is 0.249. The van der Waals surface area contributed by atoms with Crippen molar-refractivity contribution < 1.29 is 19.1 Å². The van der Waals surface area contributed by atoms with E-state index >= 15 is 0 Å². The molecular formula is C8H13NO4. The Hall–Kier alpha value is -1.39. The number of amides is 1. The van der Waals surface area contributed by atoms with Gasteiger partial charge in [0.2, 0.25) is 5.78 Å². The molecule has 0 saturated heterocycles. The maximum absolute atomic E-state index is 11.0. The van der Waals surface area contributed by atoms with Crippen LogP contribution in [0.15, 0.2) is 0 Å². The van der Waals surface area contributed by atoms with Crippen LogP contribution in [0.2, 0.25) is 0 Å². The maximum atomic E-state index is 11.0. The fourth-order valence-electron chi connectivity index (χ4n) is 0.624. The summed E-state index contributed by atoms with van der Waals surface area (Å²) < 4.78 is 4.62. The first kappa shape index (κ1) is 11.6. The monoisotopic (exact) mass is 187 g/mol. The van der Waals surface area contributed by atoms with E-state index in [9.17, 15) is 14.4 Å². The number of Topliss-reactive ketones (excluding diaryl/α,β-unsaturated/α-hetero) is 1. The summed E-state index contributed by atoms with van der Waals surface area (Å²) in [6.07, 6.45) is 0. The molecule has 0 unspecified atom stereocenters. The molecule has 1 N–H and O–H groups in total. The highest BCUT2D eigenvalue weighted by Gasteiger charge is 2.18. The summed E-state index contributed by atoms with van der Waals surface area (Å²) in [4.78, 5) is 32.2. The molecule has 1 amide bonds. The molecule has 5 heteroatoms. The average molecular weight is 187 g/mol. The van der Waals surface area contributed by atoms with Gasteiger partial charge >= 0.3 is 5.97 Å². The lowest BCUT2D eigenvalue weighted by Crippen LogP contribution is -2.42. The number of hydrogen-bond acceptors (Lipinski definition) is 4. The number of ketones is 1.